The van der Waals surface area contributed by atoms with Crippen molar-refractivity contribution in [2.24, 2.45) is 0 Å². The van der Waals surface area contributed by atoms with Gasteiger partial charge in [-0.15, -0.1) is 0 Å². The first-order valence-corrected chi connectivity index (χ1v) is 9.92. The van der Waals surface area contributed by atoms with Crippen molar-refractivity contribution in [3.05, 3.63) is 78.1 Å². The van der Waals surface area contributed by atoms with Gasteiger partial charge < -0.3 is 14.8 Å². The van der Waals surface area contributed by atoms with Crippen LogP contribution < -0.4 is 10.1 Å². The van der Waals surface area contributed by atoms with Gasteiger partial charge in [0.2, 0.25) is 0 Å². The minimum absolute atomic E-state index is 0.0400. The van der Waals surface area contributed by atoms with E-state index >= 15 is 0 Å². The molecule has 0 saturated heterocycles. The quantitative estimate of drug-likeness (QED) is 0.411. The maximum Gasteiger partial charge on any atom is 0.325 e. The molecule has 0 fully saturated rings. The highest BCUT2D eigenvalue weighted by Crippen LogP contribution is 2.13. The first kappa shape index (κ1) is 21.1. The van der Waals surface area contributed by atoms with Crippen LogP contribution in [-0.2, 0) is 16.1 Å². The lowest BCUT2D eigenvalue weighted by molar-refractivity contribution is -0.143. The molecule has 0 aliphatic rings. The molecule has 0 aliphatic heterocycles. The highest BCUT2D eigenvalue weighted by atomic mass is 16.5. The highest BCUT2D eigenvalue weighted by molar-refractivity contribution is 5.96. The Balaban J connectivity index is 1.41. The van der Waals surface area contributed by atoms with E-state index in [0.717, 1.165) is 18.5 Å². The van der Waals surface area contributed by atoms with Crippen molar-refractivity contribution in [3.8, 4) is 11.4 Å². The van der Waals surface area contributed by atoms with Crippen molar-refractivity contribution in [1.82, 2.24) is 15.1 Å². The van der Waals surface area contributed by atoms with Gasteiger partial charge in [-0.25, -0.2) is 4.68 Å². The van der Waals surface area contributed by atoms with Crippen LogP contribution in [0.2, 0.25) is 0 Å². The molecule has 1 N–H and O–H groups in total. The van der Waals surface area contributed by atoms with Gasteiger partial charge in [0, 0.05) is 11.8 Å². The zero-order valence-electron chi connectivity index (χ0n) is 16.9. The number of rotatable bonds is 10. The molecule has 1 amide bonds. The number of ether oxygens (including phenoxy) is 2. The number of carbonyl (C=O) groups excluding carboxylic acids is 2. The molecule has 3 rings (SSSR count). The number of amides is 1. The van der Waals surface area contributed by atoms with E-state index in [4.69, 9.17) is 9.47 Å². The van der Waals surface area contributed by atoms with Gasteiger partial charge >= 0.3 is 5.97 Å². The zero-order valence-corrected chi connectivity index (χ0v) is 16.9. The second kappa shape index (κ2) is 10.8. The summed E-state index contributed by atoms with van der Waals surface area (Å²) in [6, 6.07) is 18.2. The van der Waals surface area contributed by atoms with E-state index < -0.39 is 5.97 Å². The van der Waals surface area contributed by atoms with Gasteiger partial charge in [-0.05, 0) is 48.9 Å². The van der Waals surface area contributed by atoms with Gasteiger partial charge in [0.15, 0.2) is 0 Å². The van der Waals surface area contributed by atoms with Gasteiger partial charge in [0.05, 0.1) is 12.3 Å². The Morgan fingerprint density at radius 3 is 2.53 bits per heavy atom. The standard InChI is InChI=1S/C23H25N3O4/c1-2-3-15-29-21-11-9-18(10-12-21)23(28)24-16-22(27)30-17-19-13-14-26(25-19)20-7-5-4-6-8-20/h4-14H,2-3,15-17H2,1H3,(H,24,28). The second-order valence-electron chi connectivity index (χ2n) is 6.66. The van der Waals surface area contributed by atoms with Crippen LogP contribution in [0.1, 0.15) is 35.8 Å². The Labute approximate surface area is 175 Å². The monoisotopic (exact) mass is 407 g/mol. The summed E-state index contributed by atoms with van der Waals surface area (Å²) in [5.41, 5.74) is 1.99. The molecule has 1 heterocycles. The Hall–Kier alpha value is -3.61. The van der Waals surface area contributed by atoms with Gasteiger partial charge in [0.1, 0.15) is 24.6 Å². The number of nitrogens with one attached hydrogen (secondary N) is 1. The second-order valence-corrected chi connectivity index (χ2v) is 6.66. The molecule has 3 aromatic rings. The molecule has 156 valence electrons. The first-order chi connectivity index (χ1) is 14.7. The average Bonchev–Trinajstić information content (AvgIpc) is 3.26. The van der Waals surface area contributed by atoms with Gasteiger partial charge in [-0.1, -0.05) is 31.5 Å². The molecule has 0 radical (unpaired) electrons. The van der Waals surface area contributed by atoms with Crippen LogP contribution in [0.15, 0.2) is 66.9 Å². The number of carbonyl (C=O) groups is 2. The van der Waals surface area contributed by atoms with E-state index in [9.17, 15) is 9.59 Å². The number of hydrogen-bond acceptors (Lipinski definition) is 5. The van der Waals surface area contributed by atoms with Crippen LogP contribution in [0.5, 0.6) is 5.75 Å². The lowest BCUT2D eigenvalue weighted by Gasteiger charge is -2.08. The number of nitrogens with zero attached hydrogens (tertiary/aromatic N) is 2. The third-order valence-electron chi connectivity index (χ3n) is 4.32. The molecule has 0 aliphatic carbocycles. The fourth-order valence-electron chi connectivity index (χ4n) is 2.66. The fraction of sp³-hybridized carbons (Fsp3) is 0.261. The number of unbranched alkanes of at least 4 members (excludes halogenated alkanes) is 1. The molecule has 2 aromatic carbocycles. The molecule has 0 spiro atoms. The summed E-state index contributed by atoms with van der Waals surface area (Å²) in [5.74, 6) is -0.160. The van der Waals surface area contributed by atoms with Gasteiger partial charge in [-0.2, -0.15) is 5.10 Å². The zero-order chi connectivity index (χ0) is 21.2. The van der Waals surface area contributed by atoms with Crippen molar-refractivity contribution in [2.45, 2.75) is 26.4 Å². The van der Waals surface area contributed by atoms with Crippen molar-refractivity contribution in [3.63, 3.8) is 0 Å². The van der Waals surface area contributed by atoms with Crippen LogP contribution in [0, 0.1) is 0 Å². The molecule has 7 heteroatoms. The summed E-state index contributed by atoms with van der Waals surface area (Å²) in [4.78, 5) is 24.1. The lowest BCUT2D eigenvalue weighted by atomic mass is 10.2. The van der Waals surface area contributed by atoms with E-state index in [1.54, 1.807) is 41.2 Å². The third kappa shape index (κ3) is 6.20. The van der Waals surface area contributed by atoms with E-state index in [-0.39, 0.29) is 19.1 Å². The predicted octanol–water partition coefficient (Wildman–Crippen LogP) is 3.52. The van der Waals surface area contributed by atoms with Crippen molar-refractivity contribution < 1.29 is 19.1 Å². The summed E-state index contributed by atoms with van der Waals surface area (Å²) >= 11 is 0. The third-order valence-corrected chi connectivity index (χ3v) is 4.32. The molecule has 1 aromatic heterocycles. The molecule has 0 saturated carbocycles. The number of benzene rings is 2. The predicted molar refractivity (Wildman–Crippen MR) is 113 cm³/mol. The van der Waals surface area contributed by atoms with E-state index in [0.29, 0.717) is 23.6 Å². The number of para-hydroxylation sites is 1. The molecule has 0 bridgehead atoms. The Morgan fingerprint density at radius 1 is 1.03 bits per heavy atom. The smallest absolute Gasteiger partial charge is 0.325 e. The van der Waals surface area contributed by atoms with Crippen LogP contribution in [0.4, 0.5) is 0 Å². The summed E-state index contributed by atoms with van der Waals surface area (Å²) in [6.45, 7) is 2.57. The van der Waals surface area contributed by atoms with E-state index in [1.807, 2.05) is 30.3 Å². The van der Waals surface area contributed by atoms with Crippen LogP contribution in [0.3, 0.4) is 0 Å². The summed E-state index contributed by atoms with van der Waals surface area (Å²) in [7, 11) is 0. The Morgan fingerprint density at radius 2 is 1.80 bits per heavy atom. The molecule has 0 atom stereocenters. The lowest BCUT2D eigenvalue weighted by Crippen LogP contribution is -2.30. The van der Waals surface area contributed by atoms with Crippen LogP contribution in [-0.4, -0.2) is 34.8 Å². The van der Waals surface area contributed by atoms with Gasteiger partial charge in [-0.3, -0.25) is 9.59 Å². The summed E-state index contributed by atoms with van der Waals surface area (Å²) in [6.07, 6.45) is 3.85. The summed E-state index contributed by atoms with van der Waals surface area (Å²) < 4.78 is 12.5. The summed E-state index contributed by atoms with van der Waals surface area (Å²) in [5, 5.41) is 6.93. The Bertz CT molecular complexity index is 952. The molecule has 7 nitrogen and oxygen atoms in total. The number of esters is 1. The minimum atomic E-state index is -0.530. The van der Waals surface area contributed by atoms with Crippen molar-refractivity contribution >= 4 is 11.9 Å². The van der Waals surface area contributed by atoms with Gasteiger partial charge in [0.25, 0.3) is 5.91 Å². The SMILES string of the molecule is CCCCOc1ccc(C(=O)NCC(=O)OCc2ccn(-c3ccccc3)n2)cc1. The van der Waals surface area contributed by atoms with Crippen molar-refractivity contribution in [1.29, 1.82) is 0 Å². The van der Waals surface area contributed by atoms with Crippen LogP contribution in [0.25, 0.3) is 5.69 Å². The molecular formula is C23H25N3O4. The highest BCUT2D eigenvalue weighted by Gasteiger charge is 2.10. The maximum atomic E-state index is 12.2. The topological polar surface area (TPSA) is 82.5 Å². The largest absolute Gasteiger partial charge is 0.494 e. The van der Waals surface area contributed by atoms with Crippen LogP contribution >= 0.6 is 0 Å². The fourth-order valence-corrected chi connectivity index (χ4v) is 2.66. The number of aromatic nitrogens is 2. The molecule has 30 heavy (non-hydrogen) atoms. The average molecular weight is 407 g/mol. The normalized spacial score (nSPS) is 10.4. The molecular weight excluding hydrogens is 382 g/mol. The minimum Gasteiger partial charge on any atom is -0.494 e. The molecule has 0 unspecified atom stereocenters. The van der Waals surface area contributed by atoms with Crippen molar-refractivity contribution in [2.75, 3.05) is 13.2 Å². The maximum absolute atomic E-state index is 12.2. The van der Waals surface area contributed by atoms with E-state index in [1.165, 1.54) is 0 Å². The van der Waals surface area contributed by atoms with E-state index in [2.05, 4.69) is 17.3 Å². The number of hydrogen-bond donors (Lipinski definition) is 1. The Kier molecular flexibility index (Phi) is 7.60. The first-order valence-electron chi connectivity index (χ1n) is 9.92.